The Bertz CT molecular complexity index is 329. The second kappa shape index (κ2) is 34.0. The summed E-state index contributed by atoms with van der Waals surface area (Å²) in [5.41, 5.74) is 0. The Balaban J connectivity index is 0. The summed E-state index contributed by atoms with van der Waals surface area (Å²) in [6.45, 7) is 11.0. The second-order valence-corrected chi connectivity index (χ2v) is 8.16. The Morgan fingerprint density at radius 1 is 0.419 bits per heavy atom. The van der Waals surface area contributed by atoms with Crippen LogP contribution in [0.2, 0.25) is 0 Å². The van der Waals surface area contributed by atoms with E-state index in [4.69, 9.17) is 14.2 Å². The molecule has 0 unspecified atom stereocenters. The first kappa shape index (κ1) is 32.5. The van der Waals surface area contributed by atoms with E-state index in [9.17, 15) is 0 Å². The monoisotopic (exact) mass is 440 g/mol. The SMILES string of the molecule is CC/C=C\CCCCCCCC/C=C/CCCC.CCCCOCOCOCCCC. The van der Waals surface area contributed by atoms with Crippen molar-refractivity contribution in [1.29, 1.82) is 0 Å². The number of hydrogen-bond donors (Lipinski definition) is 0. The van der Waals surface area contributed by atoms with E-state index in [-0.39, 0.29) is 0 Å². The van der Waals surface area contributed by atoms with E-state index in [1.807, 2.05) is 0 Å². The molecule has 0 N–H and O–H groups in total. The Hall–Kier alpha value is -0.640. The van der Waals surface area contributed by atoms with Crippen LogP contribution in [-0.2, 0) is 14.2 Å². The molecule has 0 amide bonds. The fourth-order valence-electron chi connectivity index (χ4n) is 2.84. The van der Waals surface area contributed by atoms with Crippen molar-refractivity contribution >= 4 is 0 Å². The minimum absolute atomic E-state index is 0.353. The molecule has 0 aliphatic carbocycles. The minimum Gasteiger partial charge on any atom is -0.355 e. The topological polar surface area (TPSA) is 27.7 Å². The van der Waals surface area contributed by atoms with E-state index < -0.39 is 0 Å². The van der Waals surface area contributed by atoms with Crippen molar-refractivity contribution in [3.05, 3.63) is 24.3 Å². The summed E-state index contributed by atoms with van der Waals surface area (Å²) in [6.07, 6.45) is 30.1. The summed E-state index contributed by atoms with van der Waals surface area (Å²) in [5.74, 6) is 0. The molecule has 0 aliphatic heterocycles. The number of ether oxygens (including phenoxy) is 3. The maximum atomic E-state index is 5.18. The fourth-order valence-corrected chi connectivity index (χ4v) is 2.84. The number of unbranched alkanes of at least 4 members (excludes halogenated alkanes) is 11. The van der Waals surface area contributed by atoms with Crippen LogP contribution in [0.1, 0.15) is 130 Å². The van der Waals surface area contributed by atoms with Gasteiger partial charge < -0.3 is 14.2 Å². The van der Waals surface area contributed by atoms with Gasteiger partial charge in [0, 0.05) is 13.2 Å². The van der Waals surface area contributed by atoms with Gasteiger partial charge in [0.05, 0.1) is 0 Å². The lowest BCUT2D eigenvalue weighted by Crippen LogP contribution is -2.06. The lowest BCUT2D eigenvalue weighted by atomic mass is 10.1. The van der Waals surface area contributed by atoms with E-state index in [0.29, 0.717) is 13.6 Å². The van der Waals surface area contributed by atoms with Crippen molar-refractivity contribution in [3.8, 4) is 0 Å². The predicted octanol–water partition coefficient (Wildman–Crippen LogP) is 9.37. The van der Waals surface area contributed by atoms with Crippen molar-refractivity contribution in [3.63, 3.8) is 0 Å². The summed E-state index contributed by atoms with van der Waals surface area (Å²) in [7, 11) is 0. The van der Waals surface area contributed by atoms with E-state index in [1.54, 1.807) is 0 Å². The van der Waals surface area contributed by atoms with Crippen LogP contribution in [0.15, 0.2) is 24.3 Å². The van der Waals surface area contributed by atoms with Gasteiger partial charge in [-0.05, 0) is 51.4 Å². The second-order valence-electron chi connectivity index (χ2n) is 8.16. The van der Waals surface area contributed by atoms with E-state index in [1.165, 1.54) is 77.0 Å². The Labute approximate surface area is 196 Å². The van der Waals surface area contributed by atoms with Gasteiger partial charge in [-0.15, -0.1) is 0 Å². The average molecular weight is 441 g/mol. The maximum Gasteiger partial charge on any atom is 0.149 e. The van der Waals surface area contributed by atoms with Crippen molar-refractivity contribution in [1.82, 2.24) is 0 Å². The molecule has 0 saturated carbocycles. The molecule has 0 atom stereocenters. The third-order valence-electron chi connectivity index (χ3n) is 4.90. The van der Waals surface area contributed by atoms with Gasteiger partial charge in [-0.2, -0.15) is 0 Å². The van der Waals surface area contributed by atoms with Crippen LogP contribution in [-0.4, -0.2) is 26.8 Å². The maximum absolute atomic E-state index is 5.18. The third kappa shape index (κ3) is 37.0. The summed E-state index contributed by atoms with van der Waals surface area (Å²) < 4.78 is 15.4. The summed E-state index contributed by atoms with van der Waals surface area (Å²) in [4.78, 5) is 0. The molecule has 0 aliphatic rings. The summed E-state index contributed by atoms with van der Waals surface area (Å²) in [5, 5.41) is 0. The van der Waals surface area contributed by atoms with Gasteiger partial charge in [0.25, 0.3) is 0 Å². The fraction of sp³-hybridized carbons (Fsp3) is 0.857. The van der Waals surface area contributed by atoms with Gasteiger partial charge in [0.2, 0.25) is 0 Å². The number of hydrogen-bond acceptors (Lipinski definition) is 3. The zero-order valence-corrected chi connectivity index (χ0v) is 21.7. The quantitative estimate of drug-likeness (QED) is 0.0899. The molecule has 0 spiro atoms. The largest absolute Gasteiger partial charge is 0.355 e. The van der Waals surface area contributed by atoms with Crippen LogP contribution in [0, 0.1) is 0 Å². The lowest BCUT2D eigenvalue weighted by molar-refractivity contribution is -0.131. The average Bonchev–Trinajstić information content (AvgIpc) is 2.79. The molecule has 0 aromatic carbocycles. The van der Waals surface area contributed by atoms with Crippen molar-refractivity contribution < 1.29 is 14.2 Å². The van der Waals surface area contributed by atoms with Crippen LogP contribution in [0.4, 0.5) is 0 Å². The molecule has 3 nitrogen and oxygen atoms in total. The van der Waals surface area contributed by atoms with Crippen molar-refractivity contribution in [2.24, 2.45) is 0 Å². The zero-order chi connectivity index (χ0) is 23.1. The molecule has 0 aromatic rings. The van der Waals surface area contributed by atoms with Gasteiger partial charge >= 0.3 is 0 Å². The molecular weight excluding hydrogens is 384 g/mol. The third-order valence-corrected chi connectivity index (χ3v) is 4.90. The summed E-state index contributed by atoms with van der Waals surface area (Å²) >= 11 is 0. The molecule has 31 heavy (non-hydrogen) atoms. The minimum atomic E-state index is 0.353. The van der Waals surface area contributed by atoms with Gasteiger partial charge in [-0.3, -0.25) is 0 Å². The number of rotatable bonds is 23. The Morgan fingerprint density at radius 3 is 1.29 bits per heavy atom. The van der Waals surface area contributed by atoms with Gasteiger partial charge in [-0.25, -0.2) is 0 Å². The normalized spacial score (nSPS) is 11.4. The summed E-state index contributed by atoms with van der Waals surface area (Å²) in [6, 6.07) is 0. The Kier molecular flexibility index (Phi) is 35.7. The molecule has 0 bridgehead atoms. The molecule has 186 valence electrons. The highest BCUT2D eigenvalue weighted by molar-refractivity contribution is 4.81. The molecule has 3 heteroatoms. The molecule has 0 rings (SSSR count). The Morgan fingerprint density at radius 2 is 0.839 bits per heavy atom. The molecule has 0 radical (unpaired) electrons. The molecule has 0 heterocycles. The molecule has 0 saturated heterocycles. The van der Waals surface area contributed by atoms with E-state index >= 15 is 0 Å². The number of allylic oxidation sites excluding steroid dienone is 4. The van der Waals surface area contributed by atoms with Crippen molar-refractivity contribution in [2.45, 2.75) is 130 Å². The van der Waals surface area contributed by atoms with Gasteiger partial charge in [0.15, 0.2) is 0 Å². The predicted molar refractivity (Wildman–Crippen MR) is 138 cm³/mol. The first-order chi connectivity index (χ1) is 15.3. The molecule has 0 aromatic heterocycles. The van der Waals surface area contributed by atoms with Crippen LogP contribution in [0.5, 0.6) is 0 Å². The molecular formula is C28H56O3. The highest BCUT2D eigenvalue weighted by Crippen LogP contribution is 2.09. The lowest BCUT2D eigenvalue weighted by Gasteiger charge is -2.05. The first-order valence-electron chi connectivity index (χ1n) is 13.4. The van der Waals surface area contributed by atoms with Gasteiger partial charge in [0.1, 0.15) is 13.6 Å². The molecule has 0 fully saturated rings. The van der Waals surface area contributed by atoms with Crippen LogP contribution in [0.25, 0.3) is 0 Å². The van der Waals surface area contributed by atoms with Crippen LogP contribution >= 0.6 is 0 Å². The highest BCUT2D eigenvalue weighted by Gasteiger charge is 1.90. The van der Waals surface area contributed by atoms with E-state index in [2.05, 4.69) is 52.0 Å². The highest BCUT2D eigenvalue weighted by atomic mass is 16.7. The van der Waals surface area contributed by atoms with Crippen LogP contribution < -0.4 is 0 Å². The zero-order valence-electron chi connectivity index (χ0n) is 21.7. The standard InChI is InChI=1S/C18H34.C10H22O3/c1-3-5-7-9-11-13-15-17-18-16-14-12-10-8-6-4-2;1-3-5-7-11-9-13-10-12-8-6-4-2/h5,7,10,12H,3-4,6,8-9,11,13-18H2,1-2H3;3-10H2,1-2H3/b7-5-,12-10+;. The van der Waals surface area contributed by atoms with E-state index in [0.717, 1.165) is 38.9 Å². The van der Waals surface area contributed by atoms with Crippen molar-refractivity contribution in [2.75, 3.05) is 26.8 Å². The first-order valence-corrected chi connectivity index (χ1v) is 13.4. The van der Waals surface area contributed by atoms with Gasteiger partial charge in [-0.1, -0.05) is 103 Å². The van der Waals surface area contributed by atoms with Crippen LogP contribution in [0.3, 0.4) is 0 Å². The smallest absolute Gasteiger partial charge is 0.149 e.